The first-order valence-electron chi connectivity index (χ1n) is 7.98. The van der Waals surface area contributed by atoms with Crippen LogP contribution >= 0.6 is 15.9 Å². The van der Waals surface area contributed by atoms with Crippen LogP contribution in [0, 0.1) is 0 Å². The molecule has 4 heteroatoms. The van der Waals surface area contributed by atoms with Gasteiger partial charge in [-0.05, 0) is 73.5 Å². The van der Waals surface area contributed by atoms with Crippen molar-refractivity contribution in [1.82, 2.24) is 4.90 Å². The first-order valence-corrected chi connectivity index (χ1v) is 8.77. The molecule has 0 aliphatic heterocycles. The zero-order valence-corrected chi connectivity index (χ0v) is 15.4. The van der Waals surface area contributed by atoms with Gasteiger partial charge in [0, 0.05) is 17.6 Å². The largest absolute Gasteiger partial charge is 0.389 e. The first kappa shape index (κ1) is 18.5. The summed E-state index contributed by atoms with van der Waals surface area (Å²) in [6.07, 6.45) is 0.744. The number of anilines is 1. The Morgan fingerprint density at radius 3 is 2.24 bits per heavy atom. The van der Waals surface area contributed by atoms with Gasteiger partial charge in [-0.2, -0.15) is 0 Å². The van der Waals surface area contributed by atoms with Crippen molar-refractivity contribution in [1.29, 1.82) is 0 Å². The molecular weight excluding hydrogens is 328 g/mol. The highest BCUT2D eigenvalue weighted by Crippen LogP contribution is 2.29. The van der Waals surface area contributed by atoms with Crippen LogP contribution in [-0.4, -0.2) is 42.7 Å². The monoisotopic (exact) mass is 356 g/mol. The Bertz CT molecular complexity index is 419. The molecule has 120 valence electrons. The molecule has 0 bridgehead atoms. The van der Waals surface area contributed by atoms with Gasteiger partial charge < -0.3 is 14.9 Å². The molecule has 21 heavy (non-hydrogen) atoms. The zero-order chi connectivity index (χ0) is 15.8. The van der Waals surface area contributed by atoms with E-state index in [4.69, 9.17) is 0 Å². The van der Waals surface area contributed by atoms with Crippen LogP contribution in [-0.2, 0) is 0 Å². The zero-order valence-electron chi connectivity index (χ0n) is 13.8. The predicted molar refractivity (Wildman–Crippen MR) is 95.1 cm³/mol. The number of halogens is 1. The predicted octanol–water partition coefficient (Wildman–Crippen LogP) is 4.06. The molecule has 0 saturated carbocycles. The van der Waals surface area contributed by atoms with E-state index in [-0.39, 0.29) is 0 Å². The van der Waals surface area contributed by atoms with E-state index in [9.17, 15) is 5.11 Å². The van der Waals surface area contributed by atoms with Gasteiger partial charge in [-0.25, -0.2) is 0 Å². The Morgan fingerprint density at radius 2 is 1.76 bits per heavy atom. The number of rotatable bonds is 9. The van der Waals surface area contributed by atoms with Crippen molar-refractivity contribution in [3.05, 3.63) is 28.2 Å². The van der Waals surface area contributed by atoms with E-state index in [1.54, 1.807) is 6.92 Å². The second-order valence-corrected chi connectivity index (χ2v) is 6.20. The smallest absolute Gasteiger partial charge is 0.0762 e. The standard InChI is InChI=1S/C17H29BrN2O/c1-5-19(6-2)11-8-12-20(7-3)17-10-9-15(14(4)21)13-16(17)18/h9-10,13-14,21H,5-8,11-12H2,1-4H3. The summed E-state index contributed by atoms with van der Waals surface area (Å²) < 4.78 is 1.06. The van der Waals surface area contributed by atoms with Crippen molar-refractivity contribution >= 4 is 21.6 Å². The minimum Gasteiger partial charge on any atom is -0.389 e. The minimum absolute atomic E-state index is 0.423. The maximum absolute atomic E-state index is 9.65. The molecule has 1 aromatic rings. The lowest BCUT2D eigenvalue weighted by Crippen LogP contribution is -2.30. The summed E-state index contributed by atoms with van der Waals surface area (Å²) in [5, 5.41) is 9.65. The summed E-state index contributed by atoms with van der Waals surface area (Å²) in [5.41, 5.74) is 2.16. The Kier molecular flexibility index (Phi) is 8.30. The molecule has 1 unspecified atom stereocenters. The highest BCUT2D eigenvalue weighted by Gasteiger charge is 2.11. The highest BCUT2D eigenvalue weighted by atomic mass is 79.9. The molecule has 0 aliphatic carbocycles. The summed E-state index contributed by atoms with van der Waals surface area (Å²) in [6.45, 7) is 13.8. The number of nitrogens with zero attached hydrogens (tertiary/aromatic N) is 2. The van der Waals surface area contributed by atoms with Gasteiger partial charge in [0.25, 0.3) is 0 Å². The Balaban J connectivity index is 2.67. The van der Waals surface area contributed by atoms with Crippen molar-refractivity contribution in [3.63, 3.8) is 0 Å². The van der Waals surface area contributed by atoms with Crippen molar-refractivity contribution < 1.29 is 5.11 Å². The van der Waals surface area contributed by atoms with Gasteiger partial charge in [-0.3, -0.25) is 0 Å². The van der Waals surface area contributed by atoms with Gasteiger partial charge in [-0.15, -0.1) is 0 Å². The lowest BCUT2D eigenvalue weighted by molar-refractivity contribution is 0.199. The van der Waals surface area contributed by atoms with Crippen LogP contribution in [0.15, 0.2) is 22.7 Å². The molecule has 0 saturated heterocycles. The normalized spacial score (nSPS) is 12.7. The Hall–Kier alpha value is -0.580. The second kappa shape index (κ2) is 9.44. The SMILES string of the molecule is CCN(CC)CCCN(CC)c1ccc(C(C)O)cc1Br. The Labute approximate surface area is 138 Å². The maximum atomic E-state index is 9.65. The number of benzene rings is 1. The molecule has 0 aromatic heterocycles. The number of aliphatic hydroxyl groups is 1. The molecule has 3 nitrogen and oxygen atoms in total. The van der Waals surface area contributed by atoms with Crippen LogP contribution in [0.3, 0.4) is 0 Å². The number of hydrogen-bond acceptors (Lipinski definition) is 3. The molecule has 1 atom stereocenters. The van der Waals surface area contributed by atoms with Crippen molar-refractivity contribution in [2.45, 2.75) is 40.2 Å². The van der Waals surface area contributed by atoms with Crippen molar-refractivity contribution in [2.75, 3.05) is 37.6 Å². The average Bonchev–Trinajstić information content (AvgIpc) is 2.48. The molecule has 1 N–H and O–H groups in total. The molecular formula is C17H29BrN2O. The van der Waals surface area contributed by atoms with Crippen LogP contribution < -0.4 is 4.90 Å². The topological polar surface area (TPSA) is 26.7 Å². The summed E-state index contributed by atoms with van der Waals surface area (Å²) in [7, 11) is 0. The molecule has 0 heterocycles. The fourth-order valence-electron chi connectivity index (χ4n) is 2.51. The summed E-state index contributed by atoms with van der Waals surface area (Å²) in [4.78, 5) is 4.85. The molecule has 0 aliphatic rings. The van der Waals surface area contributed by atoms with E-state index in [0.717, 1.165) is 42.8 Å². The number of aliphatic hydroxyl groups excluding tert-OH is 1. The molecule has 0 amide bonds. The van der Waals surface area contributed by atoms with E-state index in [1.807, 2.05) is 12.1 Å². The average molecular weight is 357 g/mol. The quantitative estimate of drug-likeness (QED) is 0.722. The molecule has 1 rings (SSSR count). The summed E-state index contributed by atoms with van der Waals surface area (Å²) in [6, 6.07) is 6.14. The van der Waals surface area contributed by atoms with E-state index >= 15 is 0 Å². The molecule has 1 aromatic carbocycles. The fraction of sp³-hybridized carbons (Fsp3) is 0.647. The van der Waals surface area contributed by atoms with Crippen LogP contribution in [0.1, 0.15) is 45.8 Å². The molecule has 0 fully saturated rings. The molecule has 0 spiro atoms. The minimum atomic E-state index is -0.423. The molecule has 0 radical (unpaired) electrons. The van der Waals surface area contributed by atoms with E-state index in [1.165, 1.54) is 12.1 Å². The fourth-order valence-corrected chi connectivity index (χ4v) is 3.16. The summed E-state index contributed by atoms with van der Waals surface area (Å²) >= 11 is 3.64. The van der Waals surface area contributed by atoms with Gasteiger partial charge >= 0.3 is 0 Å². The third kappa shape index (κ3) is 5.61. The van der Waals surface area contributed by atoms with Crippen LogP contribution in [0.4, 0.5) is 5.69 Å². The lowest BCUT2D eigenvalue weighted by Gasteiger charge is -2.26. The van der Waals surface area contributed by atoms with Gasteiger partial charge in [-0.1, -0.05) is 19.9 Å². The van der Waals surface area contributed by atoms with Crippen LogP contribution in [0.2, 0.25) is 0 Å². The third-order valence-corrected chi connectivity index (χ3v) is 4.61. The van der Waals surface area contributed by atoms with Crippen LogP contribution in [0.25, 0.3) is 0 Å². The highest BCUT2D eigenvalue weighted by molar-refractivity contribution is 9.10. The first-order chi connectivity index (χ1) is 10.0. The summed E-state index contributed by atoms with van der Waals surface area (Å²) in [5.74, 6) is 0. The Morgan fingerprint density at radius 1 is 1.10 bits per heavy atom. The maximum Gasteiger partial charge on any atom is 0.0762 e. The van der Waals surface area contributed by atoms with Gasteiger partial charge in [0.1, 0.15) is 0 Å². The van der Waals surface area contributed by atoms with Crippen molar-refractivity contribution in [2.24, 2.45) is 0 Å². The lowest BCUT2D eigenvalue weighted by atomic mass is 10.1. The number of hydrogen-bond donors (Lipinski definition) is 1. The second-order valence-electron chi connectivity index (χ2n) is 5.35. The van der Waals surface area contributed by atoms with Gasteiger partial charge in [0.2, 0.25) is 0 Å². The van der Waals surface area contributed by atoms with E-state index in [0.29, 0.717) is 0 Å². The van der Waals surface area contributed by atoms with Crippen molar-refractivity contribution in [3.8, 4) is 0 Å². The van der Waals surface area contributed by atoms with Gasteiger partial charge in [0.15, 0.2) is 0 Å². The van der Waals surface area contributed by atoms with E-state index in [2.05, 4.69) is 52.6 Å². The van der Waals surface area contributed by atoms with Gasteiger partial charge in [0.05, 0.1) is 11.8 Å². The third-order valence-electron chi connectivity index (χ3n) is 3.97. The van der Waals surface area contributed by atoms with E-state index < -0.39 is 6.10 Å². The van der Waals surface area contributed by atoms with Crippen LogP contribution in [0.5, 0.6) is 0 Å².